The van der Waals surface area contributed by atoms with Gasteiger partial charge in [-0.05, 0) is 20.8 Å². The Kier molecular flexibility index (Phi) is 8.06. The van der Waals surface area contributed by atoms with E-state index in [9.17, 15) is 9.59 Å². The van der Waals surface area contributed by atoms with Crippen molar-refractivity contribution in [2.75, 3.05) is 19.8 Å². The molecule has 0 aliphatic heterocycles. The molecule has 0 saturated carbocycles. The highest BCUT2D eigenvalue weighted by molar-refractivity contribution is 5.77. The molecule has 0 aromatic rings. The van der Waals surface area contributed by atoms with E-state index in [2.05, 4.69) is 4.74 Å². The summed E-state index contributed by atoms with van der Waals surface area (Å²) in [6, 6.07) is 0. The van der Waals surface area contributed by atoms with Crippen LogP contribution in [-0.2, 0) is 19.0 Å². The smallest absolute Gasteiger partial charge is 0.462 e. The second kappa shape index (κ2) is 8.71. The van der Waals surface area contributed by atoms with Gasteiger partial charge in [0.15, 0.2) is 6.10 Å². The van der Waals surface area contributed by atoms with Gasteiger partial charge in [-0.15, -0.1) is 0 Å². The van der Waals surface area contributed by atoms with Crippen molar-refractivity contribution < 1.29 is 34.0 Å². The maximum atomic E-state index is 11.4. The van der Waals surface area contributed by atoms with Crippen LogP contribution >= 0.6 is 0 Å². The highest BCUT2D eigenvalue weighted by Gasteiger charge is 2.21. The van der Waals surface area contributed by atoms with E-state index in [1.165, 1.54) is 6.92 Å². The van der Waals surface area contributed by atoms with Crippen LogP contribution in [0.4, 0.5) is 4.79 Å². The van der Waals surface area contributed by atoms with Gasteiger partial charge >= 0.3 is 12.1 Å². The number of hydrogen-bond donors (Lipinski definition) is 2. The number of esters is 1. The number of ether oxygens (including phenoxy) is 3. The summed E-state index contributed by atoms with van der Waals surface area (Å²) in [5.41, 5.74) is 0. The average Bonchev–Trinajstić information content (AvgIpc) is 2.28. The predicted octanol–water partition coefficient (Wildman–Crippen LogP) is 0.0805. The van der Waals surface area contributed by atoms with Crippen molar-refractivity contribution in [3.05, 3.63) is 0 Å². The van der Waals surface area contributed by atoms with Gasteiger partial charge in [0.1, 0.15) is 0 Å². The minimum Gasteiger partial charge on any atom is -0.462 e. The van der Waals surface area contributed by atoms with Gasteiger partial charge in [-0.1, -0.05) is 0 Å². The lowest BCUT2D eigenvalue weighted by molar-refractivity contribution is -0.156. The summed E-state index contributed by atoms with van der Waals surface area (Å²) >= 11 is 0. The average molecular weight is 264 g/mol. The number of rotatable bonds is 7. The van der Waals surface area contributed by atoms with Crippen LogP contribution in [-0.4, -0.2) is 54.4 Å². The van der Waals surface area contributed by atoms with E-state index in [0.29, 0.717) is 0 Å². The molecular weight excluding hydrogens is 244 g/mol. The molecule has 0 aromatic heterocycles. The monoisotopic (exact) mass is 264 g/mol. The molecule has 1 atom stereocenters. The van der Waals surface area contributed by atoms with Gasteiger partial charge in [0.05, 0.1) is 25.9 Å². The molecule has 0 aromatic carbocycles. The standard InChI is InChI=1S/C11H20O7/c1-7(2)17-11(15)18-8(3)10(14)16-6-9(4-12)5-13/h7-9,12-13H,4-6H2,1-3H3. The second-order valence-corrected chi connectivity index (χ2v) is 4.04. The van der Waals surface area contributed by atoms with Crippen molar-refractivity contribution in [3.8, 4) is 0 Å². The van der Waals surface area contributed by atoms with E-state index in [0.717, 1.165) is 0 Å². The van der Waals surface area contributed by atoms with Crippen molar-refractivity contribution in [1.29, 1.82) is 0 Å². The SMILES string of the molecule is CC(C)OC(=O)OC(C)C(=O)OCC(CO)CO. The Morgan fingerprint density at radius 1 is 1.06 bits per heavy atom. The molecule has 18 heavy (non-hydrogen) atoms. The lowest BCUT2D eigenvalue weighted by atomic mass is 10.2. The molecule has 0 fully saturated rings. The van der Waals surface area contributed by atoms with Crippen LogP contribution in [0, 0.1) is 5.92 Å². The van der Waals surface area contributed by atoms with Crippen LogP contribution in [0.15, 0.2) is 0 Å². The van der Waals surface area contributed by atoms with Crippen molar-refractivity contribution in [2.45, 2.75) is 33.0 Å². The van der Waals surface area contributed by atoms with Gasteiger partial charge in [-0.3, -0.25) is 0 Å². The predicted molar refractivity (Wildman–Crippen MR) is 60.8 cm³/mol. The highest BCUT2D eigenvalue weighted by atomic mass is 16.7. The molecule has 0 rings (SSSR count). The zero-order chi connectivity index (χ0) is 14.1. The molecule has 0 spiro atoms. The van der Waals surface area contributed by atoms with Gasteiger partial charge in [-0.2, -0.15) is 0 Å². The fraction of sp³-hybridized carbons (Fsp3) is 0.818. The van der Waals surface area contributed by atoms with E-state index in [-0.39, 0.29) is 25.9 Å². The van der Waals surface area contributed by atoms with Crippen molar-refractivity contribution >= 4 is 12.1 Å². The van der Waals surface area contributed by atoms with Crippen molar-refractivity contribution in [1.82, 2.24) is 0 Å². The molecular formula is C11H20O7. The molecule has 7 heteroatoms. The van der Waals surface area contributed by atoms with Crippen LogP contribution in [0.25, 0.3) is 0 Å². The molecule has 0 aliphatic carbocycles. The van der Waals surface area contributed by atoms with E-state index < -0.39 is 24.1 Å². The summed E-state index contributed by atoms with van der Waals surface area (Å²) in [4.78, 5) is 22.5. The topological polar surface area (TPSA) is 102 Å². The van der Waals surface area contributed by atoms with Crippen LogP contribution < -0.4 is 0 Å². The van der Waals surface area contributed by atoms with Crippen molar-refractivity contribution in [2.24, 2.45) is 5.92 Å². The Morgan fingerprint density at radius 2 is 1.61 bits per heavy atom. The molecule has 0 heterocycles. The zero-order valence-corrected chi connectivity index (χ0v) is 10.8. The summed E-state index contributed by atoms with van der Waals surface area (Å²) in [6.07, 6.45) is -2.39. The third-order valence-corrected chi connectivity index (χ3v) is 1.91. The number of aliphatic hydroxyl groups is 2. The lowest BCUT2D eigenvalue weighted by Gasteiger charge is -2.16. The first-order chi connectivity index (χ1) is 8.40. The fourth-order valence-corrected chi connectivity index (χ4v) is 0.893. The van der Waals surface area contributed by atoms with E-state index in [1.807, 2.05) is 0 Å². The maximum Gasteiger partial charge on any atom is 0.509 e. The Labute approximate surface area is 106 Å². The third-order valence-electron chi connectivity index (χ3n) is 1.91. The second-order valence-electron chi connectivity index (χ2n) is 4.04. The first-order valence-corrected chi connectivity index (χ1v) is 5.66. The first kappa shape index (κ1) is 16.7. The number of aliphatic hydroxyl groups excluding tert-OH is 2. The zero-order valence-electron chi connectivity index (χ0n) is 10.8. The lowest BCUT2D eigenvalue weighted by Crippen LogP contribution is -2.30. The number of hydrogen-bond acceptors (Lipinski definition) is 7. The van der Waals surface area contributed by atoms with Crippen LogP contribution in [0.1, 0.15) is 20.8 Å². The molecule has 0 bridgehead atoms. The van der Waals surface area contributed by atoms with E-state index >= 15 is 0 Å². The van der Waals surface area contributed by atoms with Crippen molar-refractivity contribution in [3.63, 3.8) is 0 Å². The Balaban J connectivity index is 3.99. The maximum absolute atomic E-state index is 11.4. The highest BCUT2D eigenvalue weighted by Crippen LogP contribution is 2.02. The van der Waals surface area contributed by atoms with Gasteiger partial charge in [0, 0.05) is 5.92 Å². The molecule has 0 amide bonds. The Morgan fingerprint density at radius 3 is 2.06 bits per heavy atom. The fourth-order valence-electron chi connectivity index (χ4n) is 0.893. The summed E-state index contributed by atoms with van der Waals surface area (Å²) in [6.45, 7) is 3.91. The third kappa shape index (κ3) is 7.08. The summed E-state index contributed by atoms with van der Waals surface area (Å²) in [5.74, 6) is -1.30. The minimum atomic E-state index is -1.10. The molecule has 0 aliphatic rings. The first-order valence-electron chi connectivity index (χ1n) is 5.66. The molecule has 0 radical (unpaired) electrons. The van der Waals surface area contributed by atoms with E-state index in [1.54, 1.807) is 13.8 Å². The van der Waals surface area contributed by atoms with Gasteiger partial charge < -0.3 is 24.4 Å². The normalized spacial score (nSPS) is 12.4. The Bertz CT molecular complexity index is 260. The van der Waals surface area contributed by atoms with Gasteiger partial charge in [0.25, 0.3) is 0 Å². The quantitative estimate of drug-likeness (QED) is 0.628. The molecule has 7 nitrogen and oxygen atoms in total. The summed E-state index contributed by atoms with van der Waals surface area (Å²) < 4.78 is 14.1. The van der Waals surface area contributed by atoms with Gasteiger partial charge in [-0.25, -0.2) is 9.59 Å². The molecule has 2 N–H and O–H groups in total. The van der Waals surface area contributed by atoms with Gasteiger partial charge in [0.2, 0.25) is 0 Å². The van der Waals surface area contributed by atoms with Crippen LogP contribution in [0.3, 0.4) is 0 Å². The molecule has 0 saturated heterocycles. The van der Waals surface area contributed by atoms with E-state index in [4.69, 9.17) is 19.7 Å². The Hall–Kier alpha value is -1.34. The minimum absolute atomic E-state index is 0.140. The number of carbonyl (C=O) groups excluding carboxylic acids is 2. The summed E-state index contributed by atoms with van der Waals surface area (Å²) in [5, 5.41) is 17.5. The van der Waals surface area contributed by atoms with Crippen LogP contribution in [0.2, 0.25) is 0 Å². The number of carbonyl (C=O) groups is 2. The summed E-state index contributed by atoms with van der Waals surface area (Å²) in [7, 11) is 0. The largest absolute Gasteiger partial charge is 0.509 e. The molecule has 1 unspecified atom stereocenters. The van der Waals surface area contributed by atoms with Crippen LogP contribution in [0.5, 0.6) is 0 Å². The molecule has 106 valence electrons.